The summed E-state index contributed by atoms with van der Waals surface area (Å²) in [5.74, 6) is 0.254. The summed E-state index contributed by atoms with van der Waals surface area (Å²) in [6.45, 7) is 1.76. The van der Waals surface area contributed by atoms with Gasteiger partial charge in [0.2, 0.25) is 0 Å². The fourth-order valence-corrected chi connectivity index (χ4v) is 2.60. The number of benzene rings is 1. The summed E-state index contributed by atoms with van der Waals surface area (Å²) in [5, 5.41) is 6.58. The molecule has 3 rings (SSSR count). The van der Waals surface area contributed by atoms with Crippen LogP contribution in [0.15, 0.2) is 33.5 Å². The highest BCUT2D eigenvalue weighted by Gasteiger charge is 2.19. The molecule has 0 aliphatic carbocycles. The molecule has 0 saturated carbocycles. The maximum atomic E-state index is 12.3. The monoisotopic (exact) mass is 302 g/mol. The molecular weight excluding hydrogens is 284 g/mol. The van der Waals surface area contributed by atoms with Crippen LogP contribution in [0, 0.1) is 0 Å². The minimum atomic E-state index is -0.353. The van der Waals surface area contributed by atoms with Gasteiger partial charge in [-0.15, -0.1) is 0 Å². The van der Waals surface area contributed by atoms with Crippen molar-refractivity contribution < 1.29 is 13.9 Å². The highest BCUT2D eigenvalue weighted by atomic mass is 16.5. The van der Waals surface area contributed by atoms with E-state index in [-0.39, 0.29) is 23.1 Å². The van der Waals surface area contributed by atoms with Crippen molar-refractivity contribution in [1.82, 2.24) is 10.6 Å². The first-order chi connectivity index (χ1) is 10.7. The van der Waals surface area contributed by atoms with Crippen LogP contribution in [0.3, 0.4) is 0 Å². The summed E-state index contributed by atoms with van der Waals surface area (Å²) >= 11 is 0. The quantitative estimate of drug-likeness (QED) is 0.893. The van der Waals surface area contributed by atoms with Crippen molar-refractivity contribution in [2.45, 2.75) is 18.9 Å². The molecule has 1 aliphatic heterocycles. The number of ether oxygens (including phenoxy) is 1. The molecule has 2 aromatic rings. The Kier molecular flexibility index (Phi) is 4.11. The Morgan fingerprint density at radius 3 is 2.82 bits per heavy atom. The third-order valence-corrected chi connectivity index (χ3v) is 3.83. The Morgan fingerprint density at radius 1 is 1.32 bits per heavy atom. The SMILES string of the molecule is COc1ccc2c(=O)cc(C(=O)NC3CCNCC3)oc2c1. The molecule has 22 heavy (non-hydrogen) atoms. The molecule has 1 aromatic heterocycles. The lowest BCUT2D eigenvalue weighted by Gasteiger charge is -2.23. The zero-order chi connectivity index (χ0) is 15.5. The number of methoxy groups -OCH3 is 1. The zero-order valence-corrected chi connectivity index (χ0v) is 12.3. The summed E-state index contributed by atoms with van der Waals surface area (Å²) < 4.78 is 10.7. The van der Waals surface area contributed by atoms with Crippen molar-refractivity contribution >= 4 is 16.9 Å². The summed E-state index contributed by atoms with van der Waals surface area (Å²) in [4.78, 5) is 24.4. The minimum absolute atomic E-state index is 0.0317. The number of amides is 1. The number of rotatable bonds is 3. The maximum absolute atomic E-state index is 12.3. The molecule has 0 bridgehead atoms. The van der Waals surface area contributed by atoms with Crippen LogP contribution >= 0.6 is 0 Å². The van der Waals surface area contributed by atoms with E-state index in [1.54, 1.807) is 18.2 Å². The van der Waals surface area contributed by atoms with Gasteiger partial charge in [-0.05, 0) is 38.1 Å². The molecule has 0 spiro atoms. The molecule has 1 saturated heterocycles. The number of hydrogen-bond acceptors (Lipinski definition) is 5. The average molecular weight is 302 g/mol. The van der Waals surface area contributed by atoms with Crippen molar-refractivity contribution in [2.75, 3.05) is 20.2 Å². The molecule has 6 heteroatoms. The predicted molar refractivity (Wildman–Crippen MR) is 82.4 cm³/mol. The van der Waals surface area contributed by atoms with E-state index in [0.717, 1.165) is 25.9 Å². The van der Waals surface area contributed by atoms with Gasteiger partial charge in [-0.1, -0.05) is 0 Å². The third-order valence-electron chi connectivity index (χ3n) is 3.83. The van der Waals surface area contributed by atoms with Crippen LogP contribution in [0.1, 0.15) is 23.4 Å². The normalized spacial score (nSPS) is 15.7. The smallest absolute Gasteiger partial charge is 0.287 e. The lowest BCUT2D eigenvalue weighted by Crippen LogP contribution is -2.42. The largest absolute Gasteiger partial charge is 0.497 e. The summed E-state index contributed by atoms with van der Waals surface area (Å²) in [5.41, 5.74) is 0.113. The van der Waals surface area contributed by atoms with Crippen molar-refractivity contribution in [2.24, 2.45) is 0 Å². The van der Waals surface area contributed by atoms with Crippen LogP contribution in [-0.4, -0.2) is 32.1 Å². The van der Waals surface area contributed by atoms with Crippen LogP contribution in [-0.2, 0) is 0 Å². The summed E-state index contributed by atoms with van der Waals surface area (Å²) in [6, 6.07) is 6.28. The van der Waals surface area contributed by atoms with Crippen LogP contribution in [0.4, 0.5) is 0 Å². The number of piperidine rings is 1. The Bertz CT molecular complexity index is 747. The second-order valence-corrected chi connectivity index (χ2v) is 5.33. The second-order valence-electron chi connectivity index (χ2n) is 5.33. The molecular formula is C16H18N2O4. The Labute approximate surface area is 127 Å². The van der Waals surface area contributed by atoms with E-state index in [0.29, 0.717) is 16.7 Å². The topological polar surface area (TPSA) is 80.6 Å². The Morgan fingerprint density at radius 2 is 2.09 bits per heavy atom. The standard InChI is InChI=1S/C16H18N2O4/c1-21-11-2-3-12-13(19)9-15(22-14(12)8-11)16(20)18-10-4-6-17-7-5-10/h2-3,8-10,17H,4-7H2,1H3,(H,18,20). The molecule has 1 aromatic carbocycles. The number of hydrogen-bond donors (Lipinski definition) is 2. The third kappa shape index (κ3) is 2.96. The Hall–Kier alpha value is -2.34. The van der Waals surface area contributed by atoms with E-state index in [1.807, 2.05) is 0 Å². The molecule has 116 valence electrons. The van der Waals surface area contributed by atoms with E-state index in [9.17, 15) is 9.59 Å². The van der Waals surface area contributed by atoms with E-state index < -0.39 is 0 Å². The van der Waals surface area contributed by atoms with E-state index in [4.69, 9.17) is 9.15 Å². The summed E-state index contributed by atoms with van der Waals surface area (Å²) in [7, 11) is 1.53. The molecule has 1 fully saturated rings. The van der Waals surface area contributed by atoms with Gasteiger partial charge in [0.15, 0.2) is 11.2 Å². The molecule has 6 nitrogen and oxygen atoms in total. The predicted octanol–water partition coefficient (Wildman–Crippen LogP) is 1.28. The highest BCUT2D eigenvalue weighted by Crippen LogP contribution is 2.19. The van der Waals surface area contributed by atoms with E-state index >= 15 is 0 Å². The number of nitrogens with one attached hydrogen (secondary N) is 2. The number of carbonyl (C=O) groups excluding carboxylic acids is 1. The molecule has 2 N–H and O–H groups in total. The highest BCUT2D eigenvalue weighted by molar-refractivity contribution is 5.93. The first-order valence-electron chi connectivity index (χ1n) is 7.31. The average Bonchev–Trinajstić information content (AvgIpc) is 2.55. The van der Waals surface area contributed by atoms with Crippen LogP contribution in [0.2, 0.25) is 0 Å². The number of fused-ring (bicyclic) bond motifs is 1. The van der Waals surface area contributed by atoms with Crippen molar-refractivity contribution in [3.05, 3.63) is 40.2 Å². The van der Waals surface area contributed by atoms with Crippen LogP contribution in [0.5, 0.6) is 5.75 Å². The number of carbonyl (C=O) groups is 1. The van der Waals surface area contributed by atoms with Gasteiger partial charge in [-0.2, -0.15) is 0 Å². The van der Waals surface area contributed by atoms with Gasteiger partial charge in [-0.3, -0.25) is 9.59 Å². The fraction of sp³-hybridized carbons (Fsp3) is 0.375. The molecule has 1 amide bonds. The molecule has 1 aliphatic rings. The van der Waals surface area contributed by atoms with Crippen LogP contribution < -0.4 is 20.8 Å². The van der Waals surface area contributed by atoms with Crippen molar-refractivity contribution in [3.8, 4) is 5.75 Å². The lowest BCUT2D eigenvalue weighted by molar-refractivity contribution is 0.0902. The summed E-state index contributed by atoms with van der Waals surface area (Å²) in [6.07, 6.45) is 1.74. The maximum Gasteiger partial charge on any atom is 0.287 e. The first kappa shape index (κ1) is 14.6. The van der Waals surface area contributed by atoms with Gasteiger partial charge in [0.1, 0.15) is 11.3 Å². The van der Waals surface area contributed by atoms with Gasteiger partial charge in [0.05, 0.1) is 12.5 Å². The second kappa shape index (κ2) is 6.19. The zero-order valence-electron chi connectivity index (χ0n) is 12.3. The molecule has 2 heterocycles. The van der Waals surface area contributed by atoms with Gasteiger partial charge < -0.3 is 19.8 Å². The molecule has 0 unspecified atom stereocenters. The molecule has 0 radical (unpaired) electrons. The molecule has 0 atom stereocenters. The fourth-order valence-electron chi connectivity index (χ4n) is 2.60. The van der Waals surface area contributed by atoms with Crippen molar-refractivity contribution in [1.29, 1.82) is 0 Å². The van der Waals surface area contributed by atoms with E-state index in [2.05, 4.69) is 10.6 Å². The van der Waals surface area contributed by atoms with Gasteiger partial charge in [0.25, 0.3) is 5.91 Å². The lowest BCUT2D eigenvalue weighted by atomic mass is 10.1. The minimum Gasteiger partial charge on any atom is -0.497 e. The van der Waals surface area contributed by atoms with Gasteiger partial charge in [-0.25, -0.2) is 0 Å². The van der Waals surface area contributed by atoms with Crippen molar-refractivity contribution in [3.63, 3.8) is 0 Å². The Balaban J connectivity index is 1.89. The van der Waals surface area contributed by atoms with Gasteiger partial charge in [0, 0.05) is 18.2 Å². The van der Waals surface area contributed by atoms with Gasteiger partial charge >= 0.3 is 0 Å². The van der Waals surface area contributed by atoms with E-state index in [1.165, 1.54) is 13.2 Å². The van der Waals surface area contributed by atoms with Crippen LogP contribution in [0.25, 0.3) is 11.0 Å². The first-order valence-corrected chi connectivity index (χ1v) is 7.31.